The molecule has 0 unspecified atom stereocenters. The Morgan fingerprint density at radius 3 is 2.00 bits per heavy atom. The zero-order chi connectivity index (χ0) is 26.2. The van der Waals surface area contributed by atoms with Crippen molar-refractivity contribution in [3.63, 3.8) is 0 Å². The fourth-order valence-corrected chi connectivity index (χ4v) is 4.99. The van der Waals surface area contributed by atoms with Gasteiger partial charge in [0.1, 0.15) is 12.2 Å². The maximum absolute atomic E-state index is 13.0. The topological polar surface area (TPSA) is 64.6 Å². The van der Waals surface area contributed by atoms with Crippen LogP contribution in [0.4, 0.5) is 10.5 Å². The Morgan fingerprint density at radius 1 is 0.917 bits per heavy atom. The molecular formula is C31H31NO4. The summed E-state index contributed by atoms with van der Waals surface area (Å²) in [5, 5.41) is 2.85. The van der Waals surface area contributed by atoms with Crippen molar-refractivity contribution in [2.45, 2.75) is 53.1 Å². The highest BCUT2D eigenvalue weighted by atomic mass is 16.6. The van der Waals surface area contributed by atoms with E-state index in [4.69, 9.17) is 15.9 Å². The monoisotopic (exact) mass is 481 g/mol. The molecule has 0 spiro atoms. The van der Waals surface area contributed by atoms with Gasteiger partial charge in [0, 0.05) is 11.5 Å². The number of esters is 1. The molecule has 0 atom stereocenters. The predicted octanol–water partition coefficient (Wildman–Crippen LogP) is 6.91. The molecule has 3 aromatic carbocycles. The summed E-state index contributed by atoms with van der Waals surface area (Å²) < 4.78 is 11.3. The summed E-state index contributed by atoms with van der Waals surface area (Å²) >= 11 is 0. The number of carbonyl (C=O) groups excluding carboxylic acids is 2. The molecule has 0 aliphatic heterocycles. The molecule has 1 aliphatic carbocycles. The fourth-order valence-electron chi connectivity index (χ4n) is 4.99. The molecule has 1 amide bonds. The average Bonchev–Trinajstić information content (AvgIpc) is 3.13. The van der Waals surface area contributed by atoms with Gasteiger partial charge in [-0.25, -0.2) is 9.59 Å². The maximum Gasteiger partial charge on any atom is 0.411 e. The lowest BCUT2D eigenvalue weighted by Gasteiger charge is -2.24. The van der Waals surface area contributed by atoms with E-state index >= 15 is 0 Å². The van der Waals surface area contributed by atoms with Crippen molar-refractivity contribution in [2.75, 3.05) is 11.9 Å². The van der Waals surface area contributed by atoms with Gasteiger partial charge in [-0.3, -0.25) is 5.32 Å². The third-order valence-corrected chi connectivity index (χ3v) is 6.57. The summed E-state index contributed by atoms with van der Waals surface area (Å²) in [4.78, 5) is 26.0. The number of carbonyl (C=O) groups is 2. The molecule has 0 saturated carbocycles. The number of rotatable bonds is 4. The number of hydrogen-bond acceptors (Lipinski definition) is 4. The average molecular weight is 482 g/mol. The molecule has 0 aromatic heterocycles. The van der Waals surface area contributed by atoms with E-state index in [9.17, 15) is 9.59 Å². The number of anilines is 1. The normalized spacial score (nSPS) is 12.4. The number of amides is 1. The van der Waals surface area contributed by atoms with Crippen molar-refractivity contribution < 1.29 is 19.1 Å². The first-order valence-corrected chi connectivity index (χ1v) is 12.0. The Balaban J connectivity index is 1.60. The SMILES string of the molecule is C#Cc1c(C)c(NC(=O)OCC2c3ccccc3-c3ccccc32)c(C)c(C(=O)OC(C)(C)C)c1C. The van der Waals surface area contributed by atoms with Gasteiger partial charge in [-0.15, -0.1) is 6.42 Å². The van der Waals surface area contributed by atoms with Gasteiger partial charge in [0.25, 0.3) is 0 Å². The number of benzene rings is 3. The number of ether oxygens (including phenoxy) is 2. The van der Waals surface area contributed by atoms with Gasteiger partial charge in [-0.2, -0.15) is 0 Å². The van der Waals surface area contributed by atoms with Crippen LogP contribution in [0.15, 0.2) is 48.5 Å². The Kier molecular flexibility index (Phi) is 6.65. The first-order valence-electron chi connectivity index (χ1n) is 12.0. The molecule has 184 valence electrons. The van der Waals surface area contributed by atoms with Gasteiger partial charge >= 0.3 is 12.1 Å². The van der Waals surface area contributed by atoms with Crippen LogP contribution in [0.25, 0.3) is 11.1 Å². The highest BCUT2D eigenvalue weighted by molar-refractivity contribution is 5.98. The summed E-state index contributed by atoms with van der Waals surface area (Å²) in [6.45, 7) is 11.0. The second kappa shape index (κ2) is 9.54. The molecule has 0 fully saturated rings. The van der Waals surface area contributed by atoms with Crippen LogP contribution in [0.5, 0.6) is 0 Å². The van der Waals surface area contributed by atoms with E-state index in [0.717, 1.165) is 22.3 Å². The lowest BCUT2D eigenvalue weighted by atomic mass is 9.91. The van der Waals surface area contributed by atoms with Gasteiger partial charge in [0.2, 0.25) is 0 Å². The summed E-state index contributed by atoms with van der Waals surface area (Å²) in [7, 11) is 0. The highest BCUT2D eigenvalue weighted by Gasteiger charge is 2.30. The minimum absolute atomic E-state index is 0.0537. The molecule has 1 N–H and O–H groups in total. The second-order valence-corrected chi connectivity index (χ2v) is 10.1. The Labute approximate surface area is 212 Å². The van der Waals surface area contributed by atoms with Crippen molar-refractivity contribution >= 4 is 17.7 Å². The molecule has 3 aromatic rings. The van der Waals surface area contributed by atoms with Crippen LogP contribution in [0.1, 0.15) is 70.4 Å². The van der Waals surface area contributed by atoms with Crippen LogP contribution in [0.3, 0.4) is 0 Å². The maximum atomic E-state index is 13.0. The van der Waals surface area contributed by atoms with Crippen LogP contribution >= 0.6 is 0 Å². The van der Waals surface area contributed by atoms with E-state index in [-0.39, 0.29) is 12.5 Å². The number of fused-ring (bicyclic) bond motifs is 3. The first-order chi connectivity index (χ1) is 17.0. The molecule has 0 radical (unpaired) electrons. The van der Waals surface area contributed by atoms with Crippen LogP contribution in [0.2, 0.25) is 0 Å². The van der Waals surface area contributed by atoms with Crippen molar-refractivity contribution in [2.24, 2.45) is 0 Å². The minimum Gasteiger partial charge on any atom is -0.456 e. The van der Waals surface area contributed by atoms with E-state index < -0.39 is 17.7 Å². The Bertz CT molecular complexity index is 1360. The van der Waals surface area contributed by atoms with Crippen LogP contribution in [0, 0.1) is 33.1 Å². The van der Waals surface area contributed by atoms with E-state index in [1.165, 1.54) is 0 Å². The zero-order valence-corrected chi connectivity index (χ0v) is 21.6. The summed E-state index contributed by atoms with van der Waals surface area (Å²) in [5.41, 5.74) is 7.24. The lowest BCUT2D eigenvalue weighted by molar-refractivity contribution is 0.00678. The van der Waals surface area contributed by atoms with Gasteiger partial charge in [0.15, 0.2) is 0 Å². The minimum atomic E-state index is -0.669. The third kappa shape index (κ3) is 4.59. The van der Waals surface area contributed by atoms with Gasteiger partial charge in [0.05, 0.1) is 11.3 Å². The van der Waals surface area contributed by atoms with Crippen LogP contribution in [-0.2, 0) is 9.47 Å². The molecule has 1 aliphatic rings. The lowest BCUT2D eigenvalue weighted by Crippen LogP contribution is -2.26. The fraction of sp³-hybridized carbons (Fsp3) is 0.290. The highest BCUT2D eigenvalue weighted by Crippen LogP contribution is 2.44. The Hall–Kier alpha value is -4.04. The molecule has 0 heterocycles. The van der Waals surface area contributed by atoms with Gasteiger partial charge in [-0.1, -0.05) is 54.5 Å². The third-order valence-electron chi connectivity index (χ3n) is 6.57. The van der Waals surface area contributed by atoms with E-state index in [1.807, 2.05) is 52.0 Å². The largest absolute Gasteiger partial charge is 0.456 e. The van der Waals surface area contributed by atoms with E-state index in [1.54, 1.807) is 13.8 Å². The predicted molar refractivity (Wildman–Crippen MR) is 142 cm³/mol. The van der Waals surface area contributed by atoms with E-state index in [0.29, 0.717) is 33.5 Å². The number of hydrogen-bond donors (Lipinski definition) is 1. The molecular weight excluding hydrogens is 450 g/mol. The second-order valence-electron chi connectivity index (χ2n) is 10.1. The quantitative estimate of drug-likeness (QED) is 0.325. The number of terminal acetylenes is 1. The Morgan fingerprint density at radius 2 is 1.47 bits per heavy atom. The van der Waals surface area contributed by atoms with E-state index in [2.05, 4.69) is 35.5 Å². The molecule has 4 rings (SSSR count). The first kappa shape index (κ1) is 25.1. The van der Waals surface area contributed by atoms with Crippen LogP contribution in [-0.4, -0.2) is 24.3 Å². The van der Waals surface area contributed by atoms with Crippen molar-refractivity contribution in [1.82, 2.24) is 0 Å². The van der Waals surface area contributed by atoms with Gasteiger partial charge < -0.3 is 9.47 Å². The van der Waals surface area contributed by atoms with Crippen molar-refractivity contribution in [3.05, 3.63) is 87.5 Å². The van der Waals surface area contributed by atoms with Crippen molar-refractivity contribution in [1.29, 1.82) is 0 Å². The summed E-state index contributed by atoms with van der Waals surface area (Å²) in [6.07, 6.45) is 5.18. The molecule has 36 heavy (non-hydrogen) atoms. The van der Waals surface area contributed by atoms with Gasteiger partial charge in [-0.05, 0) is 80.5 Å². The van der Waals surface area contributed by atoms with Crippen LogP contribution < -0.4 is 5.32 Å². The number of nitrogens with one attached hydrogen (secondary N) is 1. The summed E-state index contributed by atoms with van der Waals surface area (Å²) in [6, 6.07) is 16.3. The standard InChI is InChI=1S/C31H31NO4/c1-8-21-18(2)27(29(33)36-31(5,6)7)20(4)28(19(21)3)32-30(34)35-17-26-24-15-11-9-13-22(24)23-14-10-12-16-25(23)26/h1,9-16,26H,17H2,2-7H3,(H,32,34). The zero-order valence-electron chi connectivity index (χ0n) is 21.6. The molecule has 5 nitrogen and oxygen atoms in total. The van der Waals surface area contributed by atoms with Crippen molar-refractivity contribution in [3.8, 4) is 23.5 Å². The smallest absolute Gasteiger partial charge is 0.411 e. The molecule has 0 saturated heterocycles. The summed E-state index contributed by atoms with van der Waals surface area (Å²) in [5.74, 6) is 2.13. The molecule has 0 bridgehead atoms. The molecule has 5 heteroatoms.